The van der Waals surface area contributed by atoms with E-state index in [1.165, 1.54) is 25.7 Å². The summed E-state index contributed by atoms with van der Waals surface area (Å²) in [4.78, 5) is 16.1. The molecule has 2 saturated carbocycles. The molecule has 1 spiro atoms. The largest absolute Gasteiger partial charge is 0.487 e. The summed E-state index contributed by atoms with van der Waals surface area (Å²) in [5.74, 6) is 1.21. The fraction of sp³-hybridized carbons (Fsp3) is 0.600. The molecule has 0 radical (unpaired) electrons. The van der Waals surface area contributed by atoms with Crippen LogP contribution in [0, 0.1) is 5.41 Å². The molecule has 3 rings (SSSR count). The van der Waals surface area contributed by atoms with E-state index in [9.17, 15) is 4.79 Å². The maximum atomic E-state index is 12.1. The van der Waals surface area contributed by atoms with Crippen molar-refractivity contribution >= 4 is 5.78 Å². The van der Waals surface area contributed by atoms with Crippen molar-refractivity contribution in [2.75, 3.05) is 0 Å². The van der Waals surface area contributed by atoms with E-state index >= 15 is 0 Å². The topological polar surface area (TPSA) is 39.2 Å². The Morgan fingerprint density at radius 2 is 2.00 bits per heavy atom. The first-order valence-electron chi connectivity index (χ1n) is 6.91. The zero-order chi connectivity index (χ0) is 12.4. The van der Waals surface area contributed by atoms with Crippen molar-refractivity contribution in [1.29, 1.82) is 0 Å². The first kappa shape index (κ1) is 11.7. The average molecular weight is 245 g/mol. The van der Waals surface area contributed by atoms with Crippen LogP contribution in [0.15, 0.2) is 24.5 Å². The zero-order valence-electron chi connectivity index (χ0n) is 10.6. The summed E-state index contributed by atoms with van der Waals surface area (Å²) >= 11 is 0. The lowest BCUT2D eigenvalue weighted by molar-refractivity contribution is -0.154. The Morgan fingerprint density at radius 3 is 2.61 bits per heavy atom. The number of carbonyl (C=O) groups excluding carboxylic acids is 1. The Kier molecular flexibility index (Phi) is 3.06. The van der Waals surface area contributed by atoms with E-state index in [1.54, 1.807) is 12.4 Å². The van der Waals surface area contributed by atoms with Crippen LogP contribution in [-0.2, 0) is 4.79 Å². The number of hydrogen-bond donors (Lipinski definition) is 0. The number of pyridine rings is 1. The van der Waals surface area contributed by atoms with Crippen molar-refractivity contribution in [3.05, 3.63) is 24.5 Å². The minimum Gasteiger partial charge on any atom is -0.487 e. The molecule has 3 nitrogen and oxygen atoms in total. The van der Waals surface area contributed by atoms with Crippen molar-refractivity contribution in [2.24, 2.45) is 5.41 Å². The van der Waals surface area contributed by atoms with Gasteiger partial charge in [-0.3, -0.25) is 9.78 Å². The van der Waals surface area contributed by atoms with Gasteiger partial charge in [0.1, 0.15) is 17.6 Å². The molecule has 2 aliphatic carbocycles. The highest BCUT2D eigenvalue weighted by atomic mass is 16.5. The van der Waals surface area contributed by atoms with Gasteiger partial charge in [0.2, 0.25) is 0 Å². The van der Waals surface area contributed by atoms with Crippen molar-refractivity contribution in [2.45, 2.75) is 51.0 Å². The van der Waals surface area contributed by atoms with E-state index in [0.29, 0.717) is 12.2 Å². The Balaban J connectivity index is 1.74. The van der Waals surface area contributed by atoms with Crippen molar-refractivity contribution in [3.8, 4) is 5.75 Å². The SMILES string of the molecule is O=C1CC(Oc2cccnc2)C12CCCCCC2. The quantitative estimate of drug-likeness (QED) is 0.803. The molecule has 0 N–H and O–H groups in total. The average Bonchev–Trinajstić information content (AvgIpc) is 2.67. The summed E-state index contributed by atoms with van der Waals surface area (Å²) in [6.07, 6.45) is 11.0. The molecule has 1 atom stereocenters. The summed E-state index contributed by atoms with van der Waals surface area (Å²) in [7, 11) is 0. The van der Waals surface area contributed by atoms with Crippen LogP contribution in [0.4, 0.5) is 0 Å². The van der Waals surface area contributed by atoms with E-state index in [0.717, 1.165) is 18.6 Å². The fourth-order valence-corrected chi connectivity index (χ4v) is 3.31. The first-order valence-corrected chi connectivity index (χ1v) is 6.91. The molecular weight excluding hydrogens is 226 g/mol. The lowest BCUT2D eigenvalue weighted by Crippen LogP contribution is -2.56. The number of carbonyl (C=O) groups is 1. The van der Waals surface area contributed by atoms with Crippen LogP contribution in [0.2, 0.25) is 0 Å². The van der Waals surface area contributed by atoms with Crippen LogP contribution in [0.25, 0.3) is 0 Å². The van der Waals surface area contributed by atoms with E-state index in [4.69, 9.17) is 4.74 Å². The van der Waals surface area contributed by atoms with Crippen LogP contribution in [0.5, 0.6) is 5.75 Å². The molecule has 0 bridgehead atoms. The van der Waals surface area contributed by atoms with Gasteiger partial charge in [0.25, 0.3) is 0 Å². The summed E-state index contributed by atoms with van der Waals surface area (Å²) in [5.41, 5.74) is -0.174. The normalized spacial score (nSPS) is 26.4. The predicted molar refractivity (Wildman–Crippen MR) is 68.4 cm³/mol. The minimum absolute atomic E-state index is 0.0762. The Labute approximate surface area is 108 Å². The highest BCUT2D eigenvalue weighted by Gasteiger charge is 2.55. The number of Topliss-reactive ketones (excluding diaryl/α,β-unsaturated/α-hetero) is 1. The Bertz CT molecular complexity index is 421. The minimum atomic E-state index is -0.174. The van der Waals surface area contributed by atoms with E-state index in [-0.39, 0.29) is 11.5 Å². The number of hydrogen-bond acceptors (Lipinski definition) is 3. The summed E-state index contributed by atoms with van der Waals surface area (Å²) in [5, 5.41) is 0. The molecule has 0 amide bonds. The molecule has 1 aromatic heterocycles. The van der Waals surface area contributed by atoms with Crippen LogP contribution in [0.1, 0.15) is 44.9 Å². The Hall–Kier alpha value is -1.38. The van der Waals surface area contributed by atoms with Gasteiger partial charge in [0.05, 0.1) is 11.6 Å². The van der Waals surface area contributed by atoms with Gasteiger partial charge in [-0.05, 0) is 25.0 Å². The van der Waals surface area contributed by atoms with Crippen molar-refractivity contribution in [3.63, 3.8) is 0 Å². The van der Waals surface area contributed by atoms with Gasteiger partial charge in [0, 0.05) is 12.6 Å². The maximum absolute atomic E-state index is 12.1. The lowest BCUT2D eigenvalue weighted by atomic mass is 9.60. The van der Waals surface area contributed by atoms with Gasteiger partial charge in [0.15, 0.2) is 0 Å². The van der Waals surface area contributed by atoms with Crippen molar-refractivity contribution < 1.29 is 9.53 Å². The molecule has 1 heterocycles. The molecule has 2 fully saturated rings. The van der Waals surface area contributed by atoms with Crippen LogP contribution < -0.4 is 4.74 Å². The van der Waals surface area contributed by atoms with Crippen LogP contribution in [0.3, 0.4) is 0 Å². The number of ether oxygens (including phenoxy) is 1. The monoisotopic (exact) mass is 245 g/mol. The lowest BCUT2D eigenvalue weighted by Gasteiger charge is -2.47. The molecule has 96 valence electrons. The van der Waals surface area contributed by atoms with E-state index in [2.05, 4.69) is 4.98 Å². The van der Waals surface area contributed by atoms with Gasteiger partial charge in [-0.2, -0.15) is 0 Å². The van der Waals surface area contributed by atoms with Crippen LogP contribution in [-0.4, -0.2) is 16.9 Å². The Morgan fingerprint density at radius 1 is 1.22 bits per heavy atom. The maximum Gasteiger partial charge on any atom is 0.146 e. The third kappa shape index (κ3) is 1.92. The predicted octanol–water partition coefficient (Wildman–Crippen LogP) is 3.14. The molecule has 2 aliphatic rings. The smallest absolute Gasteiger partial charge is 0.146 e. The molecular formula is C15H19NO2. The third-order valence-electron chi connectivity index (χ3n) is 4.45. The van der Waals surface area contributed by atoms with Crippen LogP contribution >= 0.6 is 0 Å². The molecule has 3 heteroatoms. The molecule has 1 unspecified atom stereocenters. The second-order valence-corrected chi connectivity index (χ2v) is 5.49. The first-order chi connectivity index (χ1) is 8.81. The second kappa shape index (κ2) is 4.71. The van der Waals surface area contributed by atoms with Gasteiger partial charge in [-0.1, -0.05) is 25.7 Å². The number of aromatic nitrogens is 1. The van der Waals surface area contributed by atoms with Gasteiger partial charge in [-0.25, -0.2) is 0 Å². The number of nitrogens with zero attached hydrogens (tertiary/aromatic N) is 1. The van der Waals surface area contributed by atoms with Gasteiger partial charge >= 0.3 is 0 Å². The fourth-order valence-electron chi connectivity index (χ4n) is 3.31. The zero-order valence-corrected chi connectivity index (χ0v) is 10.6. The van der Waals surface area contributed by atoms with E-state index in [1.807, 2.05) is 12.1 Å². The number of ketones is 1. The molecule has 0 aliphatic heterocycles. The third-order valence-corrected chi connectivity index (χ3v) is 4.45. The molecule has 0 aromatic carbocycles. The van der Waals surface area contributed by atoms with Gasteiger partial charge in [-0.15, -0.1) is 0 Å². The highest BCUT2D eigenvalue weighted by Crippen LogP contribution is 2.49. The number of rotatable bonds is 2. The standard InChI is InChI=1S/C15H19NO2/c17-13-10-14(18-12-6-5-9-16-11-12)15(13)7-3-1-2-4-8-15/h5-6,9,11,14H,1-4,7-8,10H2. The molecule has 18 heavy (non-hydrogen) atoms. The highest BCUT2D eigenvalue weighted by molar-refractivity contribution is 5.92. The summed E-state index contributed by atoms with van der Waals surface area (Å²) < 4.78 is 5.99. The molecule has 0 saturated heterocycles. The summed E-state index contributed by atoms with van der Waals surface area (Å²) in [6.45, 7) is 0. The molecule has 1 aromatic rings. The van der Waals surface area contributed by atoms with E-state index < -0.39 is 0 Å². The second-order valence-electron chi connectivity index (χ2n) is 5.49. The summed E-state index contributed by atoms with van der Waals surface area (Å²) in [6, 6.07) is 3.79. The van der Waals surface area contributed by atoms with Gasteiger partial charge < -0.3 is 4.74 Å². The van der Waals surface area contributed by atoms with Crippen molar-refractivity contribution in [1.82, 2.24) is 4.98 Å².